The molecule has 0 fully saturated rings. The normalized spacial score (nSPS) is 10.8. The van der Waals surface area contributed by atoms with E-state index in [1.807, 2.05) is 54.6 Å². The van der Waals surface area contributed by atoms with Crippen molar-refractivity contribution < 1.29 is 0 Å². The first-order chi connectivity index (χ1) is 10.3. The summed E-state index contributed by atoms with van der Waals surface area (Å²) >= 11 is 12.9. The zero-order chi connectivity index (χ0) is 14.7. The Morgan fingerprint density at radius 1 is 0.524 bits per heavy atom. The van der Waals surface area contributed by atoms with Gasteiger partial charge in [-0.3, -0.25) is 0 Å². The molecule has 0 N–H and O–H groups in total. The standard InChI is InChI=1S/C18H13Cl2S/c19-15-10-4-6-12-17(15)21(14-8-2-1-3-9-14)18-13-7-5-11-16(18)20/h1-13H/q+1. The number of hydrogen-bond acceptors (Lipinski definition) is 0. The van der Waals surface area contributed by atoms with E-state index in [-0.39, 0.29) is 10.9 Å². The van der Waals surface area contributed by atoms with Crippen molar-refractivity contribution in [2.45, 2.75) is 14.7 Å². The Morgan fingerprint density at radius 3 is 1.43 bits per heavy atom. The molecule has 0 spiro atoms. The van der Waals surface area contributed by atoms with Crippen molar-refractivity contribution in [3.8, 4) is 0 Å². The highest BCUT2D eigenvalue weighted by Gasteiger charge is 2.32. The van der Waals surface area contributed by atoms with Gasteiger partial charge in [0, 0.05) is 0 Å². The lowest BCUT2D eigenvalue weighted by Crippen LogP contribution is -2.06. The minimum atomic E-state index is -0.302. The molecule has 21 heavy (non-hydrogen) atoms. The summed E-state index contributed by atoms with van der Waals surface area (Å²) in [6, 6.07) is 26.3. The second-order valence-corrected chi connectivity index (χ2v) is 7.26. The van der Waals surface area contributed by atoms with Gasteiger partial charge in [0.1, 0.15) is 10.9 Å². The summed E-state index contributed by atoms with van der Waals surface area (Å²) in [5.74, 6) is 0. The SMILES string of the molecule is Clc1ccccc1[S+](c1ccccc1)c1ccccc1Cl. The first-order valence-electron chi connectivity index (χ1n) is 6.56. The molecule has 0 atom stereocenters. The van der Waals surface area contributed by atoms with Gasteiger partial charge >= 0.3 is 0 Å². The second kappa shape index (κ2) is 6.57. The van der Waals surface area contributed by atoms with Crippen LogP contribution in [0.15, 0.2) is 93.5 Å². The van der Waals surface area contributed by atoms with E-state index in [4.69, 9.17) is 23.2 Å². The van der Waals surface area contributed by atoms with Crippen LogP contribution in [-0.2, 0) is 10.9 Å². The van der Waals surface area contributed by atoms with Gasteiger partial charge in [0.2, 0.25) is 0 Å². The van der Waals surface area contributed by atoms with Crippen LogP contribution in [0.1, 0.15) is 0 Å². The lowest BCUT2D eigenvalue weighted by atomic mass is 10.3. The average molecular weight is 332 g/mol. The Morgan fingerprint density at radius 2 is 0.952 bits per heavy atom. The molecule has 0 amide bonds. The molecule has 0 saturated heterocycles. The van der Waals surface area contributed by atoms with E-state index in [1.54, 1.807) is 0 Å². The van der Waals surface area contributed by atoms with Crippen LogP contribution in [0.2, 0.25) is 10.0 Å². The molecule has 3 aromatic rings. The summed E-state index contributed by atoms with van der Waals surface area (Å²) in [7, 11) is -0.302. The van der Waals surface area contributed by atoms with Crippen molar-refractivity contribution in [1.82, 2.24) is 0 Å². The molecule has 0 aliphatic rings. The fraction of sp³-hybridized carbons (Fsp3) is 0. The average Bonchev–Trinajstić information content (AvgIpc) is 2.52. The minimum absolute atomic E-state index is 0.302. The predicted octanol–water partition coefficient (Wildman–Crippen LogP) is 6.09. The largest absolute Gasteiger partial charge is 0.185 e. The highest BCUT2D eigenvalue weighted by molar-refractivity contribution is 7.97. The number of benzene rings is 3. The van der Waals surface area contributed by atoms with E-state index in [1.165, 1.54) is 4.90 Å². The van der Waals surface area contributed by atoms with Gasteiger partial charge in [0.15, 0.2) is 14.7 Å². The Labute approximate surface area is 137 Å². The highest BCUT2D eigenvalue weighted by Crippen LogP contribution is 2.37. The minimum Gasteiger partial charge on any atom is -0.0788 e. The maximum absolute atomic E-state index is 6.43. The first kappa shape index (κ1) is 14.5. The van der Waals surface area contributed by atoms with Crippen molar-refractivity contribution in [3.05, 3.63) is 88.9 Å². The van der Waals surface area contributed by atoms with Gasteiger partial charge < -0.3 is 0 Å². The summed E-state index contributed by atoms with van der Waals surface area (Å²) in [4.78, 5) is 3.40. The molecule has 3 aromatic carbocycles. The molecule has 0 bridgehead atoms. The second-order valence-electron chi connectivity index (χ2n) is 4.48. The summed E-state index contributed by atoms with van der Waals surface area (Å²) < 4.78 is 0. The molecule has 0 aliphatic heterocycles. The van der Waals surface area contributed by atoms with Crippen molar-refractivity contribution >= 4 is 34.1 Å². The summed E-state index contributed by atoms with van der Waals surface area (Å²) in [5.41, 5.74) is 0. The van der Waals surface area contributed by atoms with Crippen LogP contribution in [0.5, 0.6) is 0 Å². The zero-order valence-corrected chi connectivity index (χ0v) is 13.5. The van der Waals surface area contributed by atoms with Crippen LogP contribution in [0.25, 0.3) is 0 Å². The molecule has 0 radical (unpaired) electrons. The summed E-state index contributed by atoms with van der Waals surface area (Å²) in [6.07, 6.45) is 0. The van der Waals surface area contributed by atoms with Crippen LogP contribution in [0, 0.1) is 0 Å². The van der Waals surface area contributed by atoms with Crippen LogP contribution in [-0.4, -0.2) is 0 Å². The zero-order valence-electron chi connectivity index (χ0n) is 11.2. The van der Waals surface area contributed by atoms with E-state index in [2.05, 4.69) is 24.3 Å². The van der Waals surface area contributed by atoms with E-state index in [0.717, 1.165) is 19.8 Å². The molecule has 3 heteroatoms. The molecule has 0 aromatic heterocycles. The van der Waals surface area contributed by atoms with Crippen molar-refractivity contribution in [3.63, 3.8) is 0 Å². The van der Waals surface area contributed by atoms with E-state index in [9.17, 15) is 0 Å². The van der Waals surface area contributed by atoms with Crippen LogP contribution < -0.4 is 0 Å². The quantitative estimate of drug-likeness (QED) is 0.509. The topological polar surface area (TPSA) is 0 Å². The van der Waals surface area contributed by atoms with Gasteiger partial charge in [-0.1, -0.05) is 65.7 Å². The van der Waals surface area contributed by atoms with Crippen LogP contribution in [0.3, 0.4) is 0 Å². The maximum Gasteiger partial charge on any atom is 0.185 e. The van der Waals surface area contributed by atoms with E-state index in [0.29, 0.717) is 0 Å². The van der Waals surface area contributed by atoms with E-state index >= 15 is 0 Å². The molecule has 104 valence electrons. The van der Waals surface area contributed by atoms with Gasteiger partial charge in [0.25, 0.3) is 0 Å². The number of rotatable bonds is 3. The molecule has 3 rings (SSSR count). The molecule has 0 heterocycles. The van der Waals surface area contributed by atoms with Gasteiger partial charge in [-0.05, 0) is 36.4 Å². The first-order valence-corrected chi connectivity index (χ1v) is 8.54. The molecular formula is C18H13Cl2S+. The van der Waals surface area contributed by atoms with Crippen LogP contribution in [0.4, 0.5) is 0 Å². The van der Waals surface area contributed by atoms with Crippen LogP contribution >= 0.6 is 23.2 Å². The Hall–Kier alpha value is -1.41. The molecule has 0 saturated carbocycles. The maximum atomic E-state index is 6.43. The third-order valence-electron chi connectivity index (χ3n) is 3.09. The van der Waals surface area contributed by atoms with Gasteiger partial charge in [-0.15, -0.1) is 0 Å². The van der Waals surface area contributed by atoms with Gasteiger partial charge in [-0.2, -0.15) is 0 Å². The van der Waals surface area contributed by atoms with E-state index < -0.39 is 0 Å². The van der Waals surface area contributed by atoms with Crippen molar-refractivity contribution in [2.24, 2.45) is 0 Å². The monoisotopic (exact) mass is 331 g/mol. The highest BCUT2D eigenvalue weighted by atomic mass is 35.5. The van der Waals surface area contributed by atoms with Gasteiger partial charge in [0.05, 0.1) is 10.0 Å². The number of hydrogen-bond donors (Lipinski definition) is 0. The third-order valence-corrected chi connectivity index (χ3v) is 6.31. The Bertz CT molecular complexity index is 695. The number of halogens is 2. The molecule has 0 nitrogen and oxygen atoms in total. The fourth-order valence-corrected chi connectivity index (χ4v) is 5.01. The lowest BCUT2D eigenvalue weighted by molar-refractivity contribution is 1.32. The summed E-state index contributed by atoms with van der Waals surface area (Å²) in [5, 5.41) is 1.54. The smallest absolute Gasteiger partial charge is 0.0788 e. The molecular weight excluding hydrogens is 319 g/mol. The van der Waals surface area contributed by atoms with Crippen molar-refractivity contribution in [2.75, 3.05) is 0 Å². The van der Waals surface area contributed by atoms with Crippen molar-refractivity contribution in [1.29, 1.82) is 0 Å². The Kier molecular flexibility index (Phi) is 4.54. The predicted molar refractivity (Wildman–Crippen MR) is 91.5 cm³/mol. The fourth-order valence-electron chi connectivity index (χ4n) is 2.15. The summed E-state index contributed by atoms with van der Waals surface area (Å²) in [6.45, 7) is 0. The molecule has 0 aliphatic carbocycles. The third kappa shape index (κ3) is 3.11. The Balaban J connectivity index is 2.22. The van der Waals surface area contributed by atoms with Gasteiger partial charge in [-0.25, -0.2) is 0 Å². The lowest BCUT2D eigenvalue weighted by Gasteiger charge is -2.10. The molecule has 0 unspecified atom stereocenters.